The molecule has 0 atom stereocenters. The number of nitrogens with zero attached hydrogens (tertiary/aromatic N) is 1. The first-order valence-corrected chi connectivity index (χ1v) is 13.0. The Balaban J connectivity index is 1.19. The average Bonchev–Trinajstić information content (AvgIpc) is 3.17. The van der Waals surface area contributed by atoms with Crippen LogP contribution in [0.15, 0.2) is 89.8 Å². The zero-order valence-electron chi connectivity index (χ0n) is 21.1. The molecule has 1 saturated heterocycles. The summed E-state index contributed by atoms with van der Waals surface area (Å²) in [4.78, 5) is 39.5. The number of amides is 3. The van der Waals surface area contributed by atoms with E-state index in [9.17, 15) is 14.4 Å². The maximum atomic E-state index is 13.0. The minimum Gasteiger partial charge on any atom is -0.484 e. The molecule has 0 saturated carbocycles. The molecule has 0 radical (unpaired) electrons. The molecule has 38 heavy (non-hydrogen) atoms. The number of aryl methyl sites for hydroxylation is 2. The van der Waals surface area contributed by atoms with E-state index in [-0.39, 0.29) is 30.2 Å². The fourth-order valence-corrected chi connectivity index (χ4v) is 5.09. The summed E-state index contributed by atoms with van der Waals surface area (Å²) < 4.78 is 5.61. The minimum absolute atomic E-state index is 0.125. The number of hydrogen-bond donors (Lipinski definition) is 1. The summed E-state index contributed by atoms with van der Waals surface area (Å²) in [6.45, 7) is 4.05. The van der Waals surface area contributed by atoms with Gasteiger partial charge in [0.1, 0.15) is 5.75 Å². The second kappa shape index (κ2) is 10.9. The second-order valence-electron chi connectivity index (χ2n) is 9.17. The van der Waals surface area contributed by atoms with Crippen LogP contribution in [0.3, 0.4) is 0 Å². The van der Waals surface area contributed by atoms with Gasteiger partial charge in [-0.2, -0.15) is 0 Å². The molecule has 4 aromatic rings. The first-order valence-electron chi connectivity index (χ1n) is 12.2. The molecule has 4 aromatic carbocycles. The lowest BCUT2D eigenvalue weighted by molar-refractivity contribution is -0.123. The summed E-state index contributed by atoms with van der Waals surface area (Å²) in [5.74, 6) is -0.0278. The number of carbonyl (C=O) groups excluding carboxylic acids is 3. The van der Waals surface area contributed by atoms with Crippen molar-refractivity contribution in [3.05, 3.63) is 112 Å². The van der Waals surface area contributed by atoms with Crippen molar-refractivity contribution in [2.45, 2.75) is 20.4 Å². The number of ether oxygens (including phenoxy) is 1. The molecule has 3 amide bonds. The van der Waals surface area contributed by atoms with Gasteiger partial charge in [-0.1, -0.05) is 66.2 Å². The van der Waals surface area contributed by atoms with Crippen LogP contribution in [0.2, 0.25) is 0 Å². The predicted molar refractivity (Wildman–Crippen MR) is 152 cm³/mol. The normalized spacial score (nSPS) is 14.4. The van der Waals surface area contributed by atoms with Gasteiger partial charge in [0, 0.05) is 5.69 Å². The Morgan fingerprint density at radius 1 is 0.921 bits per heavy atom. The number of rotatable bonds is 7. The van der Waals surface area contributed by atoms with Crippen molar-refractivity contribution < 1.29 is 19.1 Å². The van der Waals surface area contributed by atoms with Crippen molar-refractivity contribution in [1.29, 1.82) is 0 Å². The third-order valence-electron chi connectivity index (χ3n) is 6.23. The van der Waals surface area contributed by atoms with Gasteiger partial charge in [-0.3, -0.25) is 19.3 Å². The van der Waals surface area contributed by atoms with Crippen molar-refractivity contribution in [2.24, 2.45) is 0 Å². The van der Waals surface area contributed by atoms with Crippen molar-refractivity contribution in [3.8, 4) is 5.75 Å². The van der Waals surface area contributed by atoms with E-state index in [1.807, 2.05) is 74.5 Å². The van der Waals surface area contributed by atoms with Gasteiger partial charge in [0.25, 0.3) is 17.1 Å². The van der Waals surface area contributed by atoms with Gasteiger partial charge >= 0.3 is 0 Å². The van der Waals surface area contributed by atoms with Crippen LogP contribution >= 0.6 is 11.8 Å². The predicted octanol–water partition coefficient (Wildman–Crippen LogP) is 6.71. The van der Waals surface area contributed by atoms with Crippen LogP contribution in [0.1, 0.15) is 22.3 Å². The molecule has 0 spiro atoms. The zero-order chi connectivity index (χ0) is 26.6. The number of nitrogens with one attached hydrogen (secondary N) is 1. The molecular weight excluding hydrogens is 496 g/mol. The SMILES string of the molecule is Cc1ccc(NC(=O)COc2ccc(/C=C3\SC(=O)N(Cc4ccc5ccccc5c4)C3=O)cc2)c(C)c1. The Labute approximate surface area is 225 Å². The number of fused-ring (bicyclic) bond motifs is 1. The molecule has 1 aliphatic heterocycles. The van der Waals surface area contributed by atoms with Crippen molar-refractivity contribution in [3.63, 3.8) is 0 Å². The van der Waals surface area contributed by atoms with Gasteiger partial charge in [0.2, 0.25) is 0 Å². The Bertz CT molecular complexity index is 1580. The standard InChI is InChI=1S/C31H26N2O4S/c1-20-7-14-27(21(2)15-20)32-29(34)19-37-26-12-9-22(10-13-26)17-28-30(35)33(31(36)38-28)18-23-8-11-24-5-3-4-6-25(24)16-23/h3-17H,18-19H2,1-2H3,(H,32,34)/b28-17-. The van der Waals surface area contributed by atoms with Crippen LogP contribution in [0.25, 0.3) is 16.8 Å². The molecule has 1 N–H and O–H groups in total. The molecule has 190 valence electrons. The maximum absolute atomic E-state index is 13.0. The number of benzene rings is 4. The highest BCUT2D eigenvalue weighted by molar-refractivity contribution is 8.18. The van der Waals surface area contributed by atoms with Gasteiger partial charge in [0.15, 0.2) is 6.61 Å². The van der Waals surface area contributed by atoms with Crippen LogP contribution in [0.4, 0.5) is 10.5 Å². The first-order chi connectivity index (χ1) is 18.4. The number of imide groups is 1. The Kier molecular flexibility index (Phi) is 7.29. The van der Waals surface area contributed by atoms with E-state index in [4.69, 9.17) is 4.74 Å². The summed E-state index contributed by atoms with van der Waals surface area (Å²) >= 11 is 0.935. The lowest BCUT2D eigenvalue weighted by atomic mass is 10.1. The largest absolute Gasteiger partial charge is 0.484 e. The maximum Gasteiger partial charge on any atom is 0.293 e. The third kappa shape index (κ3) is 5.79. The average molecular weight is 523 g/mol. The van der Waals surface area contributed by atoms with Gasteiger partial charge in [-0.05, 0) is 83.4 Å². The Morgan fingerprint density at radius 3 is 2.45 bits per heavy atom. The van der Waals surface area contributed by atoms with Crippen LogP contribution in [0, 0.1) is 13.8 Å². The van der Waals surface area contributed by atoms with Gasteiger partial charge in [0.05, 0.1) is 11.4 Å². The molecule has 0 bridgehead atoms. The van der Waals surface area contributed by atoms with E-state index in [2.05, 4.69) is 5.32 Å². The molecule has 1 aliphatic rings. The van der Waals surface area contributed by atoms with Crippen molar-refractivity contribution in [1.82, 2.24) is 4.90 Å². The summed E-state index contributed by atoms with van der Waals surface area (Å²) in [5.41, 5.74) is 4.54. The smallest absolute Gasteiger partial charge is 0.293 e. The monoisotopic (exact) mass is 522 g/mol. The third-order valence-corrected chi connectivity index (χ3v) is 7.14. The van der Waals surface area contributed by atoms with Crippen LogP contribution in [-0.2, 0) is 16.1 Å². The first kappa shape index (κ1) is 25.3. The number of anilines is 1. The fraction of sp³-hybridized carbons (Fsp3) is 0.129. The second-order valence-corrected chi connectivity index (χ2v) is 10.2. The van der Waals surface area contributed by atoms with Gasteiger partial charge < -0.3 is 10.1 Å². The lowest BCUT2D eigenvalue weighted by Crippen LogP contribution is -2.27. The van der Waals surface area contributed by atoms with E-state index in [0.29, 0.717) is 10.7 Å². The van der Waals surface area contributed by atoms with E-state index in [1.165, 1.54) is 4.90 Å². The molecule has 6 nitrogen and oxygen atoms in total. The molecule has 0 unspecified atom stereocenters. The van der Waals surface area contributed by atoms with Crippen LogP contribution in [0.5, 0.6) is 5.75 Å². The topological polar surface area (TPSA) is 75.7 Å². The summed E-state index contributed by atoms with van der Waals surface area (Å²) in [5, 5.41) is 4.75. The highest BCUT2D eigenvalue weighted by Gasteiger charge is 2.35. The summed E-state index contributed by atoms with van der Waals surface area (Å²) in [6, 6.07) is 26.8. The number of thioether (sulfide) groups is 1. The van der Waals surface area contributed by atoms with E-state index in [1.54, 1.807) is 30.3 Å². The fourth-order valence-electron chi connectivity index (χ4n) is 4.26. The molecule has 0 aromatic heterocycles. The Hall–Kier alpha value is -4.36. The van der Waals surface area contributed by atoms with Crippen LogP contribution in [-0.4, -0.2) is 28.6 Å². The van der Waals surface area contributed by atoms with Gasteiger partial charge in [-0.25, -0.2) is 0 Å². The lowest BCUT2D eigenvalue weighted by Gasteiger charge is -2.13. The van der Waals surface area contributed by atoms with Crippen LogP contribution < -0.4 is 10.1 Å². The summed E-state index contributed by atoms with van der Waals surface area (Å²) in [7, 11) is 0. The summed E-state index contributed by atoms with van der Waals surface area (Å²) in [6.07, 6.45) is 1.70. The van der Waals surface area contributed by atoms with Crippen molar-refractivity contribution in [2.75, 3.05) is 11.9 Å². The number of carbonyl (C=O) groups is 3. The molecular formula is C31H26N2O4S. The Morgan fingerprint density at radius 2 is 1.68 bits per heavy atom. The van der Waals surface area contributed by atoms with Crippen molar-refractivity contribution >= 4 is 51.4 Å². The van der Waals surface area contributed by atoms with E-state index >= 15 is 0 Å². The molecule has 7 heteroatoms. The van der Waals surface area contributed by atoms with E-state index < -0.39 is 0 Å². The molecule has 5 rings (SSSR count). The molecule has 1 fully saturated rings. The highest BCUT2D eigenvalue weighted by Crippen LogP contribution is 2.34. The zero-order valence-corrected chi connectivity index (χ0v) is 21.9. The quantitative estimate of drug-likeness (QED) is 0.273. The van der Waals surface area contributed by atoms with E-state index in [0.717, 1.165) is 50.5 Å². The molecule has 1 heterocycles. The minimum atomic E-state index is -0.309. The van der Waals surface area contributed by atoms with Gasteiger partial charge in [-0.15, -0.1) is 0 Å². The molecule has 0 aliphatic carbocycles. The highest BCUT2D eigenvalue weighted by atomic mass is 32.2. The number of hydrogen-bond acceptors (Lipinski definition) is 5.